The van der Waals surface area contributed by atoms with Gasteiger partial charge in [0.15, 0.2) is 0 Å². The lowest BCUT2D eigenvalue weighted by Crippen LogP contribution is -2.43. The summed E-state index contributed by atoms with van der Waals surface area (Å²) in [6.45, 7) is 8.01. The number of carbonyl (C=O) groups is 3. The average Bonchev–Trinajstić information content (AvgIpc) is 2.92. The Morgan fingerprint density at radius 2 is 1.77 bits per heavy atom. The van der Waals surface area contributed by atoms with Crippen LogP contribution in [0.4, 0.5) is 4.79 Å². The summed E-state index contributed by atoms with van der Waals surface area (Å²) in [5.74, 6) is -0.291. The molecule has 1 aliphatic rings. The van der Waals surface area contributed by atoms with E-state index in [1.807, 2.05) is 31.2 Å². The normalized spacial score (nSPS) is 18.6. The highest BCUT2D eigenvalue weighted by atomic mass is 16.2. The van der Waals surface area contributed by atoms with Crippen LogP contribution in [0.1, 0.15) is 48.9 Å². The van der Waals surface area contributed by atoms with Crippen LogP contribution >= 0.6 is 0 Å². The van der Waals surface area contributed by atoms with Crippen molar-refractivity contribution in [2.75, 3.05) is 13.1 Å². The zero-order valence-corrected chi connectivity index (χ0v) is 18.0. The zero-order chi connectivity index (χ0) is 21.9. The molecule has 3 rings (SSSR count). The third kappa shape index (κ3) is 4.37. The van der Waals surface area contributed by atoms with Gasteiger partial charge in [0.05, 0.1) is 0 Å². The number of rotatable bonds is 7. The maximum Gasteiger partial charge on any atom is 0.325 e. The van der Waals surface area contributed by atoms with E-state index in [1.165, 1.54) is 5.56 Å². The second-order valence-corrected chi connectivity index (χ2v) is 8.26. The van der Waals surface area contributed by atoms with Crippen molar-refractivity contribution >= 4 is 17.8 Å². The SMILES string of the molecule is Cc1ccccc1C1(C)NC(=O)N(CC(=O)NCCc2ccc(C(C)C)cc2)C1=O. The summed E-state index contributed by atoms with van der Waals surface area (Å²) in [4.78, 5) is 38.7. The lowest BCUT2D eigenvalue weighted by atomic mass is 9.88. The van der Waals surface area contributed by atoms with Crippen molar-refractivity contribution in [1.29, 1.82) is 0 Å². The van der Waals surface area contributed by atoms with E-state index >= 15 is 0 Å². The average molecular weight is 408 g/mol. The molecule has 1 fully saturated rings. The van der Waals surface area contributed by atoms with Crippen LogP contribution in [0.15, 0.2) is 48.5 Å². The van der Waals surface area contributed by atoms with Crippen molar-refractivity contribution in [2.45, 2.75) is 45.6 Å². The van der Waals surface area contributed by atoms with Crippen molar-refractivity contribution in [3.63, 3.8) is 0 Å². The molecule has 1 unspecified atom stereocenters. The van der Waals surface area contributed by atoms with Gasteiger partial charge in [-0.05, 0) is 48.4 Å². The number of benzene rings is 2. The van der Waals surface area contributed by atoms with E-state index in [0.29, 0.717) is 18.9 Å². The Hall–Kier alpha value is -3.15. The first kappa shape index (κ1) is 21.6. The second kappa shape index (κ2) is 8.69. The lowest BCUT2D eigenvalue weighted by Gasteiger charge is -2.24. The number of imide groups is 1. The largest absolute Gasteiger partial charge is 0.354 e. The number of nitrogens with one attached hydrogen (secondary N) is 2. The smallest absolute Gasteiger partial charge is 0.325 e. The Bertz CT molecular complexity index is 952. The molecule has 6 nitrogen and oxygen atoms in total. The summed E-state index contributed by atoms with van der Waals surface area (Å²) in [6, 6.07) is 15.2. The fourth-order valence-electron chi connectivity index (χ4n) is 3.77. The third-order valence-corrected chi connectivity index (χ3v) is 5.64. The molecule has 1 heterocycles. The summed E-state index contributed by atoms with van der Waals surface area (Å²) in [5, 5.41) is 5.55. The van der Waals surface area contributed by atoms with Gasteiger partial charge in [0.2, 0.25) is 5.91 Å². The summed E-state index contributed by atoms with van der Waals surface area (Å²) < 4.78 is 0. The van der Waals surface area contributed by atoms with Gasteiger partial charge in [-0.25, -0.2) is 4.79 Å². The maximum atomic E-state index is 13.0. The molecule has 1 saturated heterocycles. The summed E-state index contributed by atoms with van der Waals surface area (Å²) >= 11 is 0. The molecule has 0 aromatic heterocycles. The van der Waals surface area contributed by atoms with Gasteiger partial charge in [0, 0.05) is 6.54 Å². The van der Waals surface area contributed by atoms with Crippen LogP contribution in [-0.2, 0) is 21.5 Å². The number of nitrogens with zero attached hydrogens (tertiary/aromatic N) is 1. The molecule has 2 aromatic rings. The van der Waals surface area contributed by atoms with Gasteiger partial charge in [-0.2, -0.15) is 0 Å². The summed E-state index contributed by atoms with van der Waals surface area (Å²) in [5.41, 5.74) is 2.88. The molecule has 0 bridgehead atoms. The first-order chi connectivity index (χ1) is 14.2. The van der Waals surface area contributed by atoms with Crippen LogP contribution in [-0.4, -0.2) is 35.8 Å². The van der Waals surface area contributed by atoms with E-state index < -0.39 is 17.5 Å². The number of hydrogen-bond acceptors (Lipinski definition) is 3. The van der Waals surface area contributed by atoms with Crippen molar-refractivity contribution in [1.82, 2.24) is 15.5 Å². The fraction of sp³-hybridized carbons (Fsp3) is 0.375. The molecule has 4 amide bonds. The van der Waals surface area contributed by atoms with Crippen LogP contribution in [0.3, 0.4) is 0 Å². The van der Waals surface area contributed by atoms with Crippen molar-refractivity contribution in [3.05, 3.63) is 70.8 Å². The van der Waals surface area contributed by atoms with Crippen LogP contribution in [0.5, 0.6) is 0 Å². The standard InChI is InChI=1S/C24H29N3O3/c1-16(2)19-11-9-18(10-12-19)13-14-25-21(28)15-27-22(29)24(4,26-23(27)30)20-8-6-5-7-17(20)3/h5-12,16H,13-15H2,1-4H3,(H,25,28)(H,26,30). The Morgan fingerprint density at radius 3 is 2.40 bits per heavy atom. The highest BCUT2D eigenvalue weighted by Crippen LogP contribution is 2.30. The third-order valence-electron chi connectivity index (χ3n) is 5.64. The quantitative estimate of drug-likeness (QED) is 0.692. The molecule has 0 spiro atoms. The molecule has 0 radical (unpaired) electrons. The Kier molecular flexibility index (Phi) is 6.25. The first-order valence-electron chi connectivity index (χ1n) is 10.3. The molecule has 158 valence electrons. The molecule has 0 aliphatic carbocycles. The predicted octanol–water partition coefficient (Wildman–Crippen LogP) is 3.24. The molecule has 30 heavy (non-hydrogen) atoms. The van der Waals surface area contributed by atoms with E-state index in [9.17, 15) is 14.4 Å². The Labute approximate surface area is 177 Å². The van der Waals surface area contributed by atoms with Gasteiger partial charge in [-0.3, -0.25) is 14.5 Å². The summed E-state index contributed by atoms with van der Waals surface area (Å²) in [6.07, 6.45) is 0.686. The highest BCUT2D eigenvalue weighted by Gasteiger charge is 2.49. The topological polar surface area (TPSA) is 78.5 Å². The zero-order valence-electron chi connectivity index (χ0n) is 18.0. The van der Waals surface area contributed by atoms with Crippen LogP contribution < -0.4 is 10.6 Å². The van der Waals surface area contributed by atoms with E-state index in [2.05, 4.69) is 48.7 Å². The molecule has 1 aliphatic heterocycles. The van der Waals surface area contributed by atoms with Crippen molar-refractivity contribution in [2.24, 2.45) is 0 Å². The molecule has 2 aromatic carbocycles. The maximum absolute atomic E-state index is 13.0. The molecular weight excluding hydrogens is 378 g/mol. The van der Waals surface area contributed by atoms with Gasteiger partial charge in [-0.1, -0.05) is 62.4 Å². The van der Waals surface area contributed by atoms with Crippen LogP contribution in [0.2, 0.25) is 0 Å². The Balaban J connectivity index is 1.57. The van der Waals surface area contributed by atoms with Crippen molar-refractivity contribution in [3.8, 4) is 0 Å². The molecule has 0 saturated carbocycles. The van der Waals surface area contributed by atoms with E-state index in [-0.39, 0.29) is 12.5 Å². The minimum absolute atomic E-state index is 0.293. The number of hydrogen-bond donors (Lipinski definition) is 2. The van der Waals surface area contributed by atoms with Gasteiger partial charge >= 0.3 is 6.03 Å². The Morgan fingerprint density at radius 1 is 1.10 bits per heavy atom. The number of urea groups is 1. The van der Waals surface area contributed by atoms with Crippen LogP contribution in [0.25, 0.3) is 0 Å². The first-order valence-corrected chi connectivity index (χ1v) is 10.3. The van der Waals surface area contributed by atoms with Gasteiger partial charge in [0.25, 0.3) is 5.91 Å². The van der Waals surface area contributed by atoms with E-state index in [0.717, 1.165) is 21.6 Å². The molecule has 6 heteroatoms. The summed E-state index contributed by atoms with van der Waals surface area (Å²) in [7, 11) is 0. The monoisotopic (exact) mass is 407 g/mol. The molecule has 2 N–H and O–H groups in total. The minimum Gasteiger partial charge on any atom is -0.354 e. The fourth-order valence-corrected chi connectivity index (χ4v) is 3.77. The van der Waals surface area contributed by atoms with E-state index in [4.69, 9.17) is 0 Å². The van der Waals surface area contributed by atoms with Gasteiger partial charge in [0.1, 0.15) is 12.1 Å². The van der Waals surface area contributed by atoms with Crippen molar-refractivity contribution < 1.29 is 14.4 Å². The number of aryl methyl sites for hydroxylation is 1. The van der Waals surface area contributed by atoms with Gasteiger partial charge < -0.3 is 10.6 Å². The highest BCUT2D eigenvalue weighted by molar-refractivity contribution is 6.09. The second-order valence-electron chi connectivity index (χ2n) is 8.26. The van der Waals surface area contributed by atoms with Gasteiger partial charge in [-0.15, -0.1) is 0 Å². The number of amides is 4. The van der Waals surface area contributed by atoms with Crippen LogP contribution in [0, 0.1) is 6.92 Å². The number of carbonyl (C=O) groups excluding carboxylic acids is 3. The predicted molar refractivity (Wildman–Crippen MR) is 116 cm³/mol. The molecular formula is C24H29N3O3. The van der Waals surface area contributed by atoms with E-state index in [1.54, 1.807) is 6.92 Å². The lowest BCUT2D eigenvalue weighted by molar-refractivity contribution is -0.134. The minimum atomic E-state index is -1.17. The molecule has 1 atom stereocenters.